The summed E-state index contributed by atoms with van der Waals surface area (Å²) in [5, 5.41) is 2.94. The van der Waals surface area contributed by atoms with Gasteiger partial charge in [0.05, 0.1) is 6.10 Å². The van der Waals surface area contributed by atoms with Crippen molar-refractivity contribution in [2.45, 2.75) is 51.6 Å². The lowest BCUT2D eigenvalue weighted by Gasteiger charge is -2.21. The van der Waals surface area contributed by atoms with Crippen molar-refractivity contribution in [2.75, 3.05) is 13.2 Å². The normalized spacial score (nSPS) is 15.9. The van der Waals surface area contributed by atoms with E-state index in [0.717, 1.165) is 23.1 Å². The first-order chi connectivity index (χ1) is 10.2. The molecule has 1 aliphatic carbocycles. The number of hydrogen-bond acceptors (Lipinski definition) is 2. The van der Waals surface area contributed by atoms with Crippen LogP contribution in [-0.2, 0) is 4.74 Å². The maximum Gasteiger partial charge on any atom is 0.251 e. The van der Waals surface area contributed by atoms with Crippen LogP contribution in [0.2, 0.25) is 0 Å². The fourth-order valence-electron chi connectivity index (χ4n) is 2.59. The molecule has 0 saturated heterocycles. The first-order valence-electron chi connectivity index (χ1n) is 7.83. The zero-order valence-electron chi connectivity index (χ0n) is 12.7. The van der Waals surface area contributed by atoms with Crippen molar-refractivity contribution in [2.24, 2.45) is 0 Å². The highest BCUT2D eigenvalue weighted by Crippen LogP contribution is 2.20. The third kappa shape index (κ3) is 5.44. The van der Waals surface area contributed by atoms with E-state index in [-0.39, 0.29) is 5.91 Å². The molecule has 3 nitrogen and oxygen atoms in total. The van der Waals surface area contributed by atoms with Gasteiger partial charge in [-0.1, -0.05) is 41.3 Å². The summed E-state index contributed by atoms with van der Waals surface area (Å²) in [5.74, 6) is -0.0200. The number of hydrogen-bond donors (Lipinski definition) is 1. The highest BCUT2D eigenvalue weighted by atomic mass is 79.9. The van der Waals surface area contributed by atoms with Crippen LogP contribution in [0.5, 0.6) is 0 Å². The van der Waals surface area contributed by atoms with E-state index in [9.17, 15) is 4.79 Å². The van der Waals surface area contributed by atoms with E-state index < -0.39 is 0 Å². The van der Waals surface area contributed by atoms with Crippen molar-refractivity contribution < 1.29 is 9.53 Å². The molecule has 1 amide bonds. The smallest absolute Gasteiger partial charge is 0.251 e. The first kappa shape index (κ1) is 16.5. The van der Waals surface area contributed by atoms with Gasteiger partial charge in [-0.15, -0.1) is 0 Å². The Bertz CT molecular complexity index is 470. The van der Waals surface area contributed by atoms with Crippen molar-refractivity contribution in [1.82, 2.24) is 5.32 Å². The molecule has 0 heterocycles. The number of amides is 1. The van der Waals surface area contributed by atoms with Crippen LogP contribution in [0, 0.1) is 6.92 Å². The number of rotatable bonds is 6. The molecule has 1 saturated carbocycles. The summed E-state index contributed by atoms with van der Waals surface area (Å²) in [5.41, 5.74) is 1.83. The van der Waals surface area contributed by atoms with Crippen LogP contribution >= 0.6 is 15.9 Å². The van der Waals surface area contributed by atoms with E-state index in [4.69, 9.17) is 4.74 Å². The fraction of sp³-hybridized carbons (Fsp3) is 0.588. The maximum absolute atomic E-state index is 12.0. The highest BCUT2D eigenvalue weighted by Gasteiger charge is 2.13. The zero-order chi connectivity index (χ0) is 15.1. The van der Waals surface area contributed by atoms with Crippen LogP contribution in [0.4, 0.5) is 0 Å². The minimum absolute atomic E-state index is 0.0200. The highest BCUT2D eigenvalue weighted by molar-refractivity contribution is 9.10. The molecule has 0 unspecified atom stereocenters. The number of benzene rings is 1. The standard InChI is InChI=1S/C17H24BrNO2/c1-13-8-9-14(12-16(13)18)17(20)19-10-5-11-21-15-6-3-2-4-7-15/h8-9,12,15H,2-7,10-11H2,1H3,(H,19,20). The van der Waals surface area contributed by atoms with E-state index in [2.05, 4.69) is 21.2 Å². The number of nitrogens with one attached hydrogen (secondary N) is 1. The third-order valence-corrected chi connectivity index (χ3v) is 4.80. The molecule has 0 aromatic heterocycles. The molecule has 1 aromatic rings. The molecule has 1 aliphatic rings. The molecule has 1 N–H and O–H groups in total. The Hall–Kier alpha value is -0.870. The van der Waals surface area contributed by atoms with Crippen molar-refractivity contribution in [3.8, 4) is 0 Å². The lowest BCUT2D eigenvalue weighted by Crippen LogP contribution is -2.26. The second-order valence-corrected chi connectivity index (χ2v) is 6.56. The summed E-state index contributed by atoms with van der Waals surface area (Å²) in [6.07, 6.45) is 7.65. The van der Waals surface area contributed by atoms with Gasteiger partial charge in [0.2, 0.25) is 0 Å². The average Bonchev–Trinajstić information content (AvgIpc) is 2.50. The Labute approximate surface area is 135 Å². The summed E-state index contributed by atoms with van der Waals surface area (Å²) in [7, 11) is 0. The van der Waals surface area contributed by atoms with Gasteiger partial charge in [0.1, 0.15) is 0 Å². The third-order valence-electron chi connectivity index (χ3n) is 3.95. The van der Waals surface area contributed by atoms with Crippen molar-refractivity contribution in [3.05, 3.63) is 33.8 Å². The molecule has 21 heavy (non-hydrogen) atoms. The number of halogens is 1. The van der Waals surface area contributed by atoms with Gasteiger partial charge in [-0.05, 0) is 43.9 Å². The average molecular weight is 354 g/mol. The molecule has 0 atom stereocenters. The van der Waals surface area contributed by atoms with Crippen LogP contribution in [0.1, 0.15) is 54.4 Å². The van der Waals surface area contributed by atoms with Gasteiger partial charge in [-0.2, -0.15) is 0 Å². The number of ether oxygens (including phenoxy) is 1. The Kier molecular flexibility index (Phi) is 6.71. The minimum Gasteiger partial charge on any atom is -0.378 e. The molecular formula is C17H24BrNO2. The molecule has 116 valence electrons. The molecule has 0 spiro atoms. The summed E-state index contributed by atoms with van der Waals surface area (Å²) in [4.78, 5) is 12.0. The molecule has 0 aliphatic heterocycles. The van der Waals surface area contributed by atoms with Crippen molar-refractivity contribution in [1.29, 1.82) is 0 Å². The van der Waals surface area contributed by atoms with Gasteiger partial charge < -0.3 is 10.1 Å². The maximum atomic E-state index is 12.0. The van der Waals surface area contributed by atoms with Gasteiger partial charge in [0.25, 0.3) is 5.91 Å². The van der Waals surface area contributed by atoms with E-state index in [1.54, 1.807) is 0 Å². The lowest BCUT2D eigenvalue weighted by molar-refractivity contribution is 0.0273. The second kappa shape index (κ2) is 8.54. The van der Waals surface area contributed by atoms with Gasteiger partial charge in [0.15, 0.2) is 0 Å². The van der Waals surface area contributed by atoms with E-state index in [0.29, 0.717) is 18.2 Å². The van der Waals surface area contributed by atoms with E-state index in [1.165, 1.54) is 32.1 Å². The SMILES string of the molecule is Cc1ccc(C(=O)NCCCOC2CCCCC2)cc1Br. The van der Waals surface area contributed by atoms with Gasteiger partial charge >= 0.3 is 0 Å². The fourth-order valence-corrected chi connectivity index (χ4v) is 2.97. The Balaban J connectivity index is 1.63. The predicted molar refractivity (Wildman–Crippen MR) is 88.7 cm³/mol. The summed E-state index contributed by atoms with van der Waals surface area (Å²) >= 11 is 3.45. The lowest BCUT2D eigenvalue weighted by atomic mass is 9.98. The quantitative estimate of drug-likeness (QED) is 0.777. The summed E-state index contributed by atoms with van der Waals surface area (Å²) < 4.78 is 6.81. The van der Waals surface area contributed by atoms with Crippen molar-refractivity contribution in [3.63, 3.8) is 0 Å². The number of aryl methyl sites for hydroxylation is 1. The van der Waals surface area contributed by atoms with Crippen LogP contribution in [0.15, 0.2) is 22.7 Å². The largest absolute Gasteiger partial charge is 0.378 e. The van der Waals surface area contributed by atoms with E-state index in [1.807, 2.05) is 25.1 Å². The van der Waals surface area contributed by atoms with Gasteiger partial charge in [-0.25, -0.2) is 0 Å². The Morgan fingerprint density at radius 1 is 1.33 bits per heavy atom. The van der Waals surface area contributed by atoms with Crippen LogP contribution in [0.3, 0.4) is 0 Å². The van der Waals surface area contributed by atoms with Crippen LogP contribution in [-0.4, -0.2) is 25.2 Å². The summed E-state index contributed by atoms with van der Waals surface area (Å²) in [6, 6.07) is 5.67. The zero-order valence-corrected chi connectivity index (χ0v) is 14.2. The van der Waals surface area contributed by atoms with Crippen LogP contribution in [0.25, 0.3) is 0 Å². The molecule has 0 radical (unpaired) electrons. The molecule has 4 heteroatoms. The Morgan fingerprint density at radius 2 is 2.10 bits per heavy atom. The van der Waals surface area contributed by atoms with Gasteiger partial charge in [0, 0.05) is 23.2 Å². The first-order valence-corrected chi connectivity index (χ1v) is 8.62. The molecule has 1 aromatic carbocycles. The predicted octanol–water partition coefficient (Wildman–Crippen LogP) is 4.23. The Morgan fingerprint density at radius 3 is 2.81 bits per heavy atom. The minimum atomic E-state index is -0.0200. The molecule has 1 fully saturated rings. The molecule has 0 bridgehead atoms. The van der Waals surface area contributed by atoms with Crippen molar-refractivity contribution >= 4 is 21.8 Å². The topological polar surface area (TPSA) is 38.3 Å². The summed E-state index contributed by atoms with van der Waals surface area (Å²) in [6.45, 7) is 3.41. The van der Waals surface area contributed by atoms with Crippen LogP contribution < -0.4 is 5.32 Å². The molecular weight excluding hydrogens is 330 g/mol. The monoisotopic (exact) mass is 353 g/mol. The second-order valence-electron chi connectivity index (χ2n) is 5.70. The van der Waals surface area contributed by atoms with Gasteiger partial charge in [-0.3, -0.25) is 4.79 Å². The molecule has 2 rings (SSSR count). The number of carbonyl (C=O) groups excluding carboxylic acids is 1. The number of carbonyl (C=O) groups is 1. The van der Waals surface area contributed by atoms with E-state index >= 15 is 0 Å².